The molecule has 0 aliphatic rings. The van der Waals surface area contributed by atoms with Crippen molar-refractivity contribution in [3.05, 3.63) is 47.0 Å². The summed E-state index contributed by atoms with van der Waals surface area (Å²) in [5.74, 6) is -1.26. The zero-order valence-electron chi connectivity index (χ0n) is 18.4. The van der Waals surface area contributed by atoms with Crippen LogP contribution < -0.4 is 21.1 Å². The van der Waals surface area contributed by atoms with Gasteiger partial charge in [-0.3, -0.25) is 20.5 Å². The Balaban J connectivity index is 2.58. The summed E-state index contributed by atoms with van der Waals surface area (Å²) in [6.45, 7) is 7.29. The molecule has 2 rings (SSSR count). The summed E-state index contributed by atoms with van der Waals surface area (Å²) in [6.07, 6.45) is 0.810. The molecule has 0 unspecified atom stereocenters. The average Bonchev–Trinajstić information content (AvgIpc) is 2.71. The Bertz CT molecular complexity index is 1030. The lowest BCUT2D eigenvalue weighted by molar-refractivity contribution is 0.0582. The van der Waals surface area contributed by atoms with E-state index in [-0.39, 0.29) is 22.4 Å². The van der Waals surface area contributed by atoms with Crippen molar-refractivity contribution in [1.29, 1.82) is 0 Å². The summed E-state index contributed by atoms with van der Waals surface area (Å²) in [6, 6.07) is 5.22. The summed E-state index contributed by atoms with van der Waals surface area (Å²) in [7, 11) is 1.58. The predicted molar refractivity (Wildman–Crippen MR) is 126 cm³/mol. The maximum atomic E-state index is 14.0. The molecule has 11 heteroatoms. The second-order valence-electron chi connectivity index (χ2n) is 7.60. The van der Waals surface area contributed by atoms with Crippen molar-refractivity contribution in [1.82, 2.24) is 21.2 Å². The summed E-state index contributed by atoms with van der Waals surface area (Å²) < 4.78 is 19.5. The first-order valence-electron chi connectivity index (χ1n) is 9.70. The van der Waals surface area contributed by atoms with E-state index in [2.05, 4.69) is 21.2 Å². The molecule has 0 radical (unpaired) electrons. The smallest absolute Gasteiger partial charge is 0.414 e. The second kappa shape index (κ2) is 10.6. The predicted octanol–water partition coefficient (Wildman–Crippen LogP) is 4.04. The molecule has 0 saturated carbocycles. The molecule has 0 saturated heterocycles. The van der Waals surface area contributed by atoms with Crippen molar-refractivity contribution in [3.63, 3.8) is 0 Å². The number of halogens is 2. The van der Waals surface area contributed by atoms with E-state index in [0.717, 1.165) is 6.07 Å². The summed E-state index contributed by atoms with van der Waals surface area (Å²) in [5.41, 5.74) is 5.28. The van der Waals surface area contributed by atoms with Gasteiger partial charge in [-0.25, -0.2) is 14.2 Å². The van der Waals surface area contributed by atoms with Crippen LogP contribution in [-0.4, -0.2) is 41.3 Å². The molecule has 2 aromatic rings. The van der Waals surface area contributed by atoms with Gasteiger partial charge in [0, 0.05) is 19.2 Å². The Hall–Kier alpha value is -2.98. The summed E-state index contributed by atoms with van der Waals surface area (Å²) in [4.78, 5) is 31.0. The zero-order chi connectivity index (χ0) is 24.1. The number of benzene rings is 1. The van der Waals surface area contributed by atoms with Crippen molar-refractivity contribution < 1.29 is 18.7 Å². The fourth-order valence-corrected chi connectivity index (χ4v) is 2.96. The number of thiocarbonyl (C=S) groups is 1. The number of pyridine rings is 1. The summed E-state index contributed by atoms with van der Waals surface area (Å²) in [5, 5.41) is 2.95. The van der Waals surface area contributed by atoms with Gasteiger partial charge in [-0.2, -0.15) is 0 Å². The lowest BCUT2D eigenvalue weighted by Gasteiger charge is -2.28. The van der Waals surface area contributed by atoms with Gasteiger partial charge < -0.3 is 10.1 Å². The Kier molecular flexibility index (Phi) is 8.34. The van der Waals surface area contributed by atoms with E-state index in [0.29, 0.717) is 16.8 Å². The highest BCUT2D eigenvalue weighted by Crippen LogP contribution is 2.35. The minimum atomic E-state index is -0.719. The molecule has 0 atom stereocenters. The number of ether oxygens (including phenoxy) is 1. The van der Waals surface area contributed by atoms with Gasteiger partial charge in [0.1, 0.15) is 16.6 Å². The molecule has 172 valence electrons. The van der Waals surface area contributed by atoms with Crippen LogP contribution >= 0.6 is 23.8 Å². The molecule has 0 fully saturated rings. The number of hydrazine groups is 1. The number of hydrogen-bond acceptors (Lipinski definition) is 5. The molecule has 32 heavy (non-hydrogen) atoms. The first-order valence-corrected chi connectivity index (χ1v) is 10.5. The van der Waals surface area contributed by atoms with E-state index in [4.69, 9.17) is 28.6 Å². The SMILES string of the molecule is CCN(C(=O)OC(C)(C)C)c1cnc(Cl)cc1-c1ccc(F)cc1C(=O)NNC(=S)NC. The number of amides is 2. The van der Waals surface area contributed by atoms with Gasteiger partial charge in [-0.1, -0.05) is 17.7 Å². The van der Waals surface area contributed by atoms with Gasteiger partial charge in [-0.05, 0) is 63.7 Å². The topological polar surface area (TPSA) is 95.6 Å². The molecule has 0 spiro atoms. The van der Waals surface area contributed by atoms with Gasteiger partial charge in [0.15, 0.2) is 5.11 Å². The normalized spacial score (nSPS) is 10.8. The fourth-order valence-electron chi connectivity index (χ4n) is 2.75. The fraction of sp³-hybridized carbons (Fsp3) is 0.333. The van der Waals surface area contributed by atoms with E-state index >= 15 is 0 Å². The minimum absolute atomic E-state index is 0.000150. The van der Waals surface area contributed by atoms with Gasteiger partial charge >= 0.3 is 6.09 Å². The number of anilines is 1. The molecule has 1 aromatic heterocycles. The van der Waals surface area contributed by atoms with Gasteiger partial charge in [0.25, 0.3) is 5.91 Å². The monoisotopic (exact) mass is 481 g/mol. The third-order valence-corrected chi connectivity index (χ3v) is 4.62. The lowest BCUT2D eigenvalue weighted by atomic mass is 9.98. The molecule has 0 bridgehead atoms. The third kappa shape index (κ3) is 6.51. The standard InChI is InChI=1S/C21H25ClFN5O3S/c1-6-28(20(30)31-21(2,3)4)16-11-25-17(22)10-14(16)13-8-7-12(23)9-15(13)18(29)26-27-19(32)24-5/h7-11H,6H2,1-5H3,(H,26,29)(H2,24,27,32). The molecule has 0 aliphatic heterocycles. The van der Waals surface area contributed by atoms with Crippen LogP contribution in [0.5, 0.6) is 0 Å². The average molecular weight is 482 g/mol. The maximum absolute atomic E-state index is 14.0. The van der Waals surface area contributed by atoms with E-state index in [9.17, 15) is 14.0 Å². The molecular formula is C21H25ClFN5O3S. The van der Waals surface area contributed by atoms with Crippen molar-refractivity contribution in [2.45, 2.75) is 33.3 Å². The van der Waals surface area contributed by atoms with Crippen LogP contribution in [0.1, 0.15) is 38.1 Å². The largest absolute Gasteiger partial charge is 0.443 e. The zero-order valence-corrected chi connectivity index (χ0v) is 19.9. The van der Waals surface area contributed by atoms with Crippen molar-refractivity contribution in [3.8, 4) is 11.1 Å². The highest BCUT2D eigenvalue weighted by Gasteiger charge is 2.26. The summed E-state index contributed by atoms with van der Waals surface area (Å²) >= 11 is 11.1. The molecule has 2 amide bonds. The highest BCUT2D eigenvalue weighted by molar-refractivity contribution is 7.80. The second-order valence-corrected chi connectivity index (χ2v) is 8.39. The molecular weight excluding hydrogens is 457 g/mol. The Morgan fingerprint density at radius 1 is 1.22 bits per heavy atom. The van der Waals surface area contributed by atoms with E-state index < -0.39 is 23.4 Å². The van der Waals surface area contributed by atoms with Crippen LogP contribution in [0, 0.1) is 5.82 Å². The van der Waals surface area contributed by atoms with Crippen LogP contribution in [0.2, 0.25) is 5.15 Å². The molecule has 8 nitrogen and oxygen atoms in total. The first-order chi connectivity index (χ1) is 15.0. The van der Waals surface area contributed by atoms with Crippen LogP contribution in [0.4, 0.5) is 14.9 Å². The number of hydrogen-bond donors (Lipinski definition) is 3. The van der Waals surface area contributed by atoms with Crippen molar-refractivity contribution in [2.24, 2.45) is 0 Å². The van der Waals surface area contributed by atoms with Crippen LogP contribution in [0.25, 0.3) is 11.1 Å². The van der Waals surface area contributed by atoms with Gasteiger partial charge in [0.05, 0.1) is 17.4 Å². The van der Waals surface area contributed by atoms with Crippen LogP contribution in [0.15, 0.2) is 30.5 Å². The van der Waals surface area contributed by atoms with E-state index in [1.54, 1.807) is 34.7 Å². The highest BCUT2D eigenvalue weighted by atomic mass is 35.5. The van der Waals surface area contributed by atoms with Gasteiger partial charge in [-0.15, -0.1) is 0 Å². The van der Waals surface area contributed by atoms with E-state index in [1.807, 2.05) is 0 Å². The number of nitrogens with zero attached hydrogens (tertiary/aromatic N) is 2. The number of carbonyl (C=O) groups is 2. The number of carbonyl (C=O) groups excluding carboxylic acids is 2. The Labute approximate surface area is 196 Å². The minimum Gasteiger partial charge on any atom is -0.443 e. The number of nitrogens with one attached hydrogen (secondary N) is 3. The quantitative estimate of drug-likeness (QED) is 0.344. The Morgan fingerprint density at radius 3 is 2.50 bits per heavy atom. The maximum Gasteiger partial charge on any atom is 0.414 e. The molecule has 1 heterocycles. The van der Waals surface area contributed by atoms with Crippen LogP contribution in [-0.2, 0) is 4.74 Å². The van der Waals surface area contributed by atoms with Crippen molar-refractivity contribution >= 4 is 46.6 Å². The number of aromatic nitrogens is 1. The van der Waals surface area contributed by atoms with Crippen LogP contribution in [0.3, 0.4) is 0 Å². The Morgan fingerprint density at radius 2 is 1.91 bits per heavy atom. The lowest BCUT2D eigenvalue weighted by Crippen LogP contribution is -2.45. The van der Waals surface area contributed by atoms with Crippen molar-refractivity contribution in [2.75, 3.05) is 18.5 Å². The van der Waals surface area contributed by atoms with Gasteiger partial charge in [0.2, 0.25) is 0 Å². The molecule has 3 N–H and O–H groups in total. The molecule has 0 aliphatic carbocycles. The molecule has 1 aromatic carbocycles. The first kappa shape index (κ1) is 25.3. The third-order valence-electron chi connectivity index (χ3n) is 4.10. The number of rotatable bonds is 4. The van der Waals surface area contributed by atoms with E-state index in [1.165, 1.54) is 29.3 Å².